The maximum absolute atomic E-state index is 12.4. The molecule has 5 heteroatoms. The van der Waals surface area contributed by atoms with Crippen LogP contribution in [0.1, 0.15) is 47.7 Å². The van der Waals surface area contributed by atoms with E-state index in [9.17, 15) is 9.59 Å². The van der Waals surface area contributed by atoms with Gasteiger partial charge in [-0.25, -0.2) is 0 Å². The summed E-state index contributed by atoms with van der Waals surface area (Å²) in [4.78, 5) is 24.4. The van der Waals surface area contributed by atoms with Gasteiger partial charge >= 0.3 is 0 Å². The molecule has 1 unspecified atom stereocenters. The first kappa shape index (κ1) is 21.5. The highest BCUT2D eigenvalue weighted by atomic mass is 16.5. The number of benzene rings is 2. The van der Waals surface area contributed by atoms with E-state index in [1.807, 2.05) is 37.3 Å². The number of hydrogen-bond acceptors (Lipinski definition) is 3. The summed E-state index contributed by atoms with van der Waals surface area (Å²) >= 11 is 0. The first-order valence-corrected chi connectivity index (χ1v) is 9.66. The fraction of sp³-hybridized carbons (Fsp3) is 0.391. The standard InChI is InChI=1S/C23H30N2O3/c1-16(2)20(19-10-11-21(28-4)17(3)14-19)15-22(26)24-12-13-25-23(27)18-8-6-5-7-9-18/h5-11,14,16,20H,12-13,15H2,1-4H3,(H,24,26)(H,25,27). The first-order valence-electron chi connectivity index (χ1n) is 9.66. The van der Waals surface area contributed by atoms with E-state index in [-0.39, 0.29) is 17.7 Å². The number of carbonyl (C=O) groups is 2. The Morgan fingerprint density at radius 2 is 1.68 bits per heavy atom. The molecule has 2 aromatic rings. The van der Waals surface area contributed by atoms with Crippen molar-refractivity contribution < 1.29 is 14.3 Å². The Balaban J connectivity index is 1.84. The second-order valence-electron chi connectivity index (χ2n) is 7.26. The number of carbonyl (C=O) groups excluding carboxylic acids is 2. The van der Waals surface area contributed by atoms with Gasteiger partial charge in [-0.1, -0.05) is 44.2 Å². The molecule has 0 radical (unpaired) electrons. The zero-order valence-corrected chi connectivity index (χ0v) is 17.1. The molecule has 0 saturated heterocycles. The van der Waals surface area contributed by atoms with Crippen LogP contribution in [0.4, 0.5) is 0 Å². The number of hydrogen-bond donors (Lipinski definition) is 2. The van der Waals surface area contributed by atoms with Crippen LogP contribution < -0.4 is 15.4 Å². The molecule has 0 saturated carbocycles. The summed E-state index contributed by atoms with van der Waals surface area (Å²) in [5.74, 6) is 1.16. The molecule has 0 fully saturated rings. The third-order valence-corrected chi connectivity index (χ3v) is 4.83. The quantitative estimate of drug-likeness (QED) is 0.650. The second-order valence-corrected chi connectivity index (χ2v) is 7.26. The van der Waals surface area contributed by atoms with Crippen molar-refractivity contribution in [2.45, 2.75) is 33.1 Å². The molecule has 0 aliphatic heterocycles. The highest BCUT2D eigenvalue weighted by Crippen LogP contribution is 2.31. The van der Waals surface area contributed by atoms with E-state index < -0.39 is 0 Å². The molecule has 2 N–H and O–H groups in total. The minimum absolute atomic E-state index is 0.0128. The number of ether oxygens (including phenoxy) is 1. The van der Waals surface area contributed by atoms with Gasteiger partial charge < -0.3 is 15.4 Å². The van der Waals surface area contributed by atoms with Crippen LogP contribution in [-0.2, 0) is 4.79 Å². The molecule has 0 heterocycles. The van der Waals surface area contributed by atoms with E-state index in [1.54, 1.807) is 19.2 Å². The molecule has 2 amide bonds. The SMILES string of the molecule is COc1ccc(C(CC(=O)NCCNC(=O)c2ccccc2)C(C)C)cc1C. The van der Waals surface area contributed by atoms with Crippen LogP contribution in [-0.4, -0.2) is 32.0 Å². The highest BCUT2D eigenvalue weighted by Gasteiger charge is 2.20. The van der Waals surface area contributed by atoms with Crippen LogP contribution in [0, 0.1) is 12.8 Å². The van der Waals surface area contributed by atoms with Gasteiger partial charge in [-0.15, -0.1) is 0 Å². The molecule has 0 aliphatic carbocycles. The van der Waals surface area contributed by atoms with Crippen molar-refractivity contribution in [3.63, 3.8) is 0 Å². The Kier molecular flexibility index (Phi) is 8.05. The highest BCUT2D eigenvalue weighted by molar-refractivity contribution is 5.94. The van der Waals surface area contributed by atoms with Gasteiger partial charge in [0.1, 0.15) is 5.75 Å². The number of amides is 2. The minimum atomic E-state index is -0.136. The van der Waals surface area contributed by atoms with Crippen molar-refractivity contribution in [2.24, 2.45) is 5.92 Å². The lowest BCUT2D eigenvalue weighted by Crippen LogP contribution is -2.35. The average molecular weight is 383 g/mol. The van der Waals surface area contributed by atoms with Gasteiger partial charge in [0.2, 0.25) is 5.91 Å². The monoisotopic (exact) mass is 382 g/mol. The Bertz CT molecular complexity index is 788. The summed E-state index contributed by atoms with van der Waals surface area (Å²) in [6.45, 7) is 7.06. The number of rotatable bonds is 9. The topological polar surface area (TPSA) is 67.4 Å². The van der Waals surface area contributed by atoms with Gasteiger partial charge in [-0.05, 0) is 48.1 Å². The molecule has 1 atom stereocenters. The molecule has 0 bridgehead atoms. The number of nitrogens with one attached hydrogen (secondary N) is 2. The maximum Gasteiger partial charge on any atom is 0.251 e. The predicted octanol–water partition coefficient (Wildman–Crippen LogP) is 3.68. The summed E-state index contributed by atoms with van der Waals surface area (Å²) < 4.78 is 5.32. The molecule has 28 heavy (non-hydrogen) atoms. The van der Waals surface area contributed by atoms with Gasteiger partial charge in [-0.2, -0.15) is 0 Å². The van der Waals surface area contributed by atoms with Crippen LogP contribution >= 0.6 is 0 Å². The van der Waals surface area contributed by atoms with Crippen LogP contribution in [0.2, 0.25) is 0 Å². The van der Waals surface area contributed by atoms with Crippen molar-refractivity contribution >= 4 is 11.8 Å². The van der Waals surface area contributed by atoms with E-state index in [4.69, 9.17) is 4.74 Å². The normalized spacial score (nSPS) is 11.8. The summed E-state index contributed by atoms with van der Waals surface area (Å²) in [7, 11) is 1.66. The smallest absolute Gasteiger partial charge is 0.251 e. The van der Waals surface area contributed by atoms with E-state index in [0.717, 1.165) is 16.9 Å². The van der Waals surface area contributed by atoms with E-state index >= 15 is 0 Å². The Hall–Kier alpha value is -2.82. The Labute approximate surface area is 167 Å². The lowest BCUT2D eigenvalue weighted by atomic mass is 9.85. The van der Waals surface area contributed by atoms with Crippen molar-refractivity contribution in [1.29, 1.82) is 0 Å². The second kappa shape index (κ2) is 10.5. The number of aryl methyl sites for hydroxylation is 1. The molecule has 2 rings (SSSR count). The maximum atomic E-state index is 12.4. The lowest BCUT2D eigenvalue weighted by Gasteiger charge is -2.22. The summed E-state index contributed by atoms with van der Waals surface area (Å²) in [5, 5.41) is 5.72. The van der Waals surface area contributed by atoms with Crippen molar-refractivity contribution in [3.8, 4) is 5.75 Å². The van der Waals surface area contributed by atoms with Crippen LogP contribution in [0.15, 0.2) is 48.5 Å². The molecule has 0 aliphatic rings. The molecular formula is C23H30N2O3. The van der Waals surface area contributed by atoms with Gasteiger partial charge in [-0.3, -0.25) is 9.59 Å². The largest absolute Gasteiger partial charge is 0.496 e. The lowest BCUT2D eigenvalue weighted by molar-refractivity contribution is -0.121. The summed E-state index contributed by atoms with van der Waals surface area (Å²) in [6, 6.07) is 15.1. The molecule has 0 aromatic heterocycles. The zero-order chi connectivity index (χ0) is 20.5. The predicted molar refractivity (Wildman–Crippen MR) is 112 cm³/mol. The van der Waals surface area contributed by atoms with Crippen molar-refractivity contribution in [3.05, 3.63) is 65.2 Å². The van der Waals surface area contributed by atoms with Crippen LogP contribution in [0.5, 0.6) is 5.75 Å². The zero-order valence-electron chi connectivity index (χ0n) is 17.1. The van der Waals surface area contributed by atoms with E-state index in [1.165, 1.54) is 0 Å². The van der Waals surface area contributed by atoms with Gasteiger partial charge in [0.15, 0.2) is 0 Å². The minimum Gasteiger partial charge on any atom is -0.496 e. The summed E-state index contributed by atoms with van der Waals surface area (Å²) in [5.41, 5.74) is 2.82. The van der Waals surface area contributed by atoms with E-state index in [0.29, 0.717) is 31.0 Å². The Morgan fingerprint density at radius 3 is 2.29 bits per heavy atom. The number of methoxy groups -OCH3 is 1. The fourth-order valence-corrected chi connectivity index (χ4v) is 3.21. The van der Waals surface area contributed by atoms with Crippen molar-refractivity contribution in [1.82, 2.24) is 10.6 Å². The third kappa shape index (κ3) is 6.12. The van der Waals surface area contributed by atoms with E-state index in [2.05, 4.69) is 30.5 Å². The van der Waals surface area contributed by atoms with Crippen LogP contribution in [0.3, 0.4) is 0 Å². The third-order valence-electron chi connectivity index (χ3n) is 4.83. The van der Waals surface area contributed by atoms with Gasteiger partial charge in [0, 0.05) is 25.1 Å². The first-order chi connectivity index (χ1) is 13.4. The molecule has 150 valence electrons. The fourth-order valence-electron chi connectivity index (χ4n) is 3.21. The average Bonchev–Trinajstić information content (AvgIpc) is 2.69. The van der Waals surface area contributed by atoms with Crippen LogP contribution in [0.25, 0.3) is 0 Å². The van der Waals surface area contributed by atoms with Gasteiger partial charge in [0.25, 0.3) is 5.91 Å². The molecule has 2 aromatic carbocycles. The molecule has 0 spiro atoms. The van der Waals surface area contributed by atoms with Crippen molar-refractivity contribution in [2.75, 3.05) is 20.2 Å². The molecular weight excluding hydrogens is 352 g/mol. The summed E-state index contributed by atoms with van der Waals surface area (Å²) in [6.07, 6.45) is 0.413. The Morgan fingerprint density at radius 1 is 1.00 bits per heavy atom. The molecule has 5 nitrogen and oxygen atoms in total. The van der Waals surface area contributed by atoms with Gasteiger partial charge in [0.05, 0.1) is 7.11 Å².